The number of imidazole rings is 1. The van der Waals surface area contributed by atoms with Crippen molar-refractivity contribution in [2.75, 3.05) is 0 Å². The molecule has 12 heavy (non-hydrogen) atoms. The Kier molecular flexibility index (Phi) is 1.91. The fraction of sp³-hybridized carbons (Fsp3) is 0. The van der Waals surface area contributed by atoms with Gasteiger partial charge in [-0.1, -0.05) is 11.6 Å². The second-order valence-electron chi connectivity index (χ2n) is 2.11. The molecular weight excluding hydrogens is 218 g/mol. The highest BCUT2D eigenvalue weighted by atomic mass is 35.5. The van der Waals surface area contributed by atoms with Crippen molar-refractivity contribution in [2.45, 2.75) is 0 Å². The molecule has 7 heteroatoms. The largest absolute Gasteiger partial charge is 0.299 e. The van der Waals surface area contributed by atoms with Gasteiger partial charge in [-0.2, -0.15) is 4.98 Å². The average molecular weight is 221 g/mol. The molecule has 0 aliphatic heterocycles. The first-order valence-electron chi connectivity index (χ1n) is 2.99. The van der Waals surface area contributed by atoms with Crippen LogP contribution in [0.15, 0.2) is 6.33 Å². The average Bonchev–Trinajstić information content (AvgIpc) is 2.33. The summed E-state index contributed by atoms with van der Waals surface area (Å²) in [6, 6.07) is 0. The first kappa shape index (κ1) is 8.17. The Balaban J connectivity index is 2.92. The van der Waals surface area contributed by atoms with Crippen molar-refractivity contribution in [1.29, 1.82) is 0 Å². The lowest BCUT2D eigenvalue weighted by Gasteiger charge is -1.94. The maximum Gasteiger partial charge on any atom is 0.225 e. The molecule has 2 aromatic rings. The summed E-state index contributed by atoms with van der Waals surface area (Å²) in [7, 11) is 2.42. The molecule has 0 radical (unpaired) electrons. The SMILES string of the molecule is Pn1cnc2c(Cl)nc(Cl)nc21. The molecule has 0 saturated heterocycles. The van der Waals surface area contributed by atoms with E-state index in [1.807, 2.05) is 0 Å². The molecule has 0 spiro atoms. The van der Waals surface area contributed by atoms with E-state index in [-0.39, 0.29) is 10.4 Å². The first-order valence-corrected chi connectivity index (χ1v) is 4.27. The Morgan fingerprint density at radius 1 is 1.33 bits per heavy atom. The molecule has 1 atom stereocenters. The minimum Gasteiger partial charge on any atom is -0.299 e. The molecular formula is C5H3Cl2N4P. The number of fused-ring (bicyclic) bond motifs is 1. The molecule has 0 fully saturated rings. The maximum absolute atomic E-state index is 5.75. The van der Waals surface area contributed by atoms with Crippen molar-refractivity contribution in [3.05, 3.63) is 16.8 Å². The van der Waals surface area contributed by atoms with Crippen LogP contribution in [0.2, 0.25) is 10.4 Å². The van der Waals surface area contributed by atoms with Crippen molar-refractivity contribution in [1.82, 2.24) is 19.3 Å². The third-order valence-electron chi connectivity index (χ3n) is 1.35. The van der Waals surface area contributed by atoms with Gasteiger partial charge >= 0.3 is 0 Å². The lowest BCUT2D eigenvalue weighted by atomic mass is 10.6. The van der Waals surface area contributed by atoms with Gasteiger partial charge in [0, 0.05) is 0 Å². The number of hydrogen-bond acceptors (Lipinski definition) is 3. The van der Waals surface area contributed by atoms with Crippen molar-refractivity contribution >= 4 is 43.8 Å². The van der Waals surface area contributed by atoms with Crippen LogP contribution in [0.3, 0.4) is 0 Å². The van der Waals surface area contributed by atoms with E-state index in [0.29, 0.717) is 11.2 Å². The zero-order valence-electron chi connectivity index (χ0n) is 5.70. The number of rotatable bonds is 0. The lowest BCUT2D eigenvalue weighted by molar-refractivity contribution is 1.18. The van der Waals surface area contributed by atoms with Gasteiger partial charge in [0.2, 0.25) is 5.28 Å². The fourth-order valence-corrected chi connectivity index (χ4v) is 1.53. The summed E-state index contributed by atoms with van der Waals surface area (Å²) in [5, 5.41) is 0.392. The molecule has 0 amide bonds. The minimum absolute atomic E-state index is 0.122. The normalized spacial score (nSPS) is 10.9. The smallest absolute Gasteiger partial charge is 0.225 e. The summed E-state index contributed by atoms with van der Waals surface area (Å²) in [4.78, 5) is 11.7. The van der Waals surface area contributed by atoms with Gasteiger partial charge in [-0.05, 0) is 21.0 Å². The van der Waals surface area contributed by atoms with E-state index in [1.54, 1.807) is 10.7 Å². The summed E-state index contributed by atoms with van der Waals surface area (Å²) >= 11 is 11.4. The predicted octanol–water partition coefficient (Wildman–Crippen LogP) is 1.77. The highest BCUT2D eigenvalue weighted by molar-refractivity contribution is 7.14. The van der Waals surface area contributed by atoms with E-state index in [0.717, 1.165) is 0 Å². The summed E-state index contributed by atoms with van der Waals surface area (Å²) < 4.78 is 1.65. The van der Waals surface area contributed by atoms with Crippen LogP contribution in [0, 0.1) is 0 Å². The van der Waals surface area contributed by atoms with E-state index >= 15 is 0 Å². The van der Waals surface area contributed by atoms with Crippen molar-refractivity contribution in [2.24, 2.45) is 0 Å². The molecule has 0 aromatic carbocycles. The van der Waals surface area contributed by atoms with Crippen LogP contribution in [-0.4, -0.2) is 19.3 Å². The fourth-order valence-electron chi connectivity index (χ4n) is 0.857. The van der Waals surface area contributed by atoms with Gasteiger partial charge in [0.05, 0.1) is 0 Å². The Morgan fingerprint density at radius 2 is 2.08 bits per heavy atom. The van der Waals surface area contributed by atoms with Gasteiger partial charge in [0.25, 0.3) is 0 Å². The number of hydrogen-bond donors (Lipinski definition) is 0. The zero-order chi connectivity index (χ0) is 8.72. The number of nitrogens with zero attached hydrogens (tertiary/aromatic N) is 4. The van der Waals surface area contributed by atoms with Crippen LogP contribution in [0.5, 0.6) is 0 Å². The Hall–Kier alpha value is -0.440. The van der Waals surface area contributed by atoms with Crippen LogP contribution in [0.4, 0.5) is 0 Å². The Labute approximate surface area is 80.2 Å². The Morgan fingerprint density at radius 3 is 2.83 bits per heavy atom. The topological polar surface area (TPSA) is 43.6 Å². The number of halogens is 2. The van der Waals surface area contributed by atoms with Crippen molar-refractivity contribution in [3.63, 3.8) is 0 Å². The van der Waals surface area contributed by atoms with Gasteiger partial charge in [-0.25, -0.2) is 9.97 Å². The van der Waals surface area contributed by atoms with Gasteiger partial charge in [-0.15, -0.1) is 0 Å². The molecule has 0 aliphatic carbocycles. The molecule has 0 N–H and O–H groups in total. The molecule has 1 unspecified atom stereocenters. The van der Waals surface area contributed by atoms with Gasteiger partial charge in [0.15, 0.2) is 10.8 Å². The van der Waals surface area contributed by atoms with E-state index in [2.05, 4.69) is 24.3 Å². The third-order valence-corrected chi connectivity index (χ3v) is 2.16. The lowest BCUT2D eigenvalue weighted by Crippen LogP contribution is -1.87. The van der Waals surface area contributed by atoms with Crippen LogP contribution < -0.4 is 0 Å². The quantitative estimate of drug-likeness (QED) is 0.386. The second-order valence-corrected chi connectivity index (χ2v) is 3.36. The monoisotopic (exact) mass is 220 g/mol. The maximum atomic E-state index is 5.75. The highest BCUT2D eigenvalue weighted by Gasteiger charge is 2.08. The van der Waals surface area contributed by atoms with Gasteiger partial charge in [0.1, 0.15) is 11.8 Å². The highest BCUT2D eigenvalue weighted by Crippen LogP contribution is 2.21. The summed E-state index contributed by atoms with van der Waals surface area (Å²) in [5.74, 6) is 0. The molecule has 0 aliphatic rings. The van der Waals surface area contributed by atoms with Crippen molar-refractivity contribution < 1.29 is 0 Å². The molecule has 4 nitrogen and oxygen atoms in total. The van der Waals surface area contributed by atoms with Crippen LogP contribution in [-0.2, 0) is 0 Å². The molecule has 2 heterocycles. The second kappa shape index (κ2) is 2.80. The minimum atomic E-state index is 0.122. The van der Waals surface area contributed by atoms with Gasteiger partial charge in [-0.3, -0.25) is 4.34 Å². The molecule has 2 rings (SSSR count). The van der Waals surface area contributed by atoms with Crippen LogP contribution in [0.1, 0.15) is 0 Å². The molecule has 0 saturated carbocycles. The standard InChI is InChI=1S/C5H3Cl2N4P/c6-3-2-4(10-5(7)9-3)11(12)1-8-2/h1H,12H2. The van der Waals surface area contributed by atoms with Gasteiger partial charge < -0.3 is 0 Å². The molecule has 2 aromatic heterocycles. The summed E-state index contributed by atoms with van der Waals surface area (Å²) in [6.07, 6.45) is 1.58. The predicted molar refractivity (Wildman–Crippen MR) is 50.5 cm³/mol. The zero-order valence-corrected chi connectivity index (χ0v) is 8.37. The molecule has 62 valence electrons. The summed E-state index contributed by atoms with van der Waals surface area (Å²) in [5.41, 5.74) is 1.15. The number of aromatic nitrogens is 4. The van der Waals surface area contributed by atoms with E-state index in [1.165, 1.54) is 0 Å². The van der Waals surface area contributed by atoms with Crippen LogP contribution >= 0.6 is 32.6 Å². The van der Waals surface area contributed by atoms with Crippen LogP contribution in [0.25, 0.3) is 11.2 Å². The van der Waals surface area contributed by atoms with E-state index in [4.69, 9.17) is 23.2 Å². The molecule has 0 bridgehead atoms. The Bertz CT molecular complexity index is 440. The van der Waals surface area contributed by atoms with Crippen molar-refractivity contribution in [3.8, 4) is 0 Å². The summed E-state index contributed by atoms with van der Waals surface area (Å²) in [6.45, 7) is 0. The first-order chi connectivity index (χ1) is 5.68. The third kappa shape index (κ3) is 1.16. The van der Waals surface area contributed by atoms with E-state index < -0.39 is 0 Å². The van der Waals surface area contributed by atoms with E-state index in [9.17, 15) is 0 Å².